The van der Waals surface area contributed by atoms with Gasteiger partial charge in [0.15, 0.2) is 5.65 Å². The van der Waals surface area contributed by atoms with E-state index in [1.807, 2.05) is 54.6 Å². The van der Waals surface area contributed by atoms with E-state index in [1.165, 1.54) is 0 Å². The molecule has 0 aliphatic rings. The van der Waals surface area contributed by atoms with Gasteiger partial charge in [0.25, 0.3) is 5.56 Å². The zero-order valence-electron chi connectivity index (χ0n) is 18.2. The van der Waals surface area contributed by atoms with Crippen LogP contribution in [-0.2, 0) is 17.9 Å². The number of methoxy groups -OCH3 is 2. The Labute approximate surface area is 194 Å². The number of para-hydroxylation sites is 1. The van der Waals surface area contributed by atoms with Crippen molar-refractivity contribution in [1.82, 2.24) is 19.2 Å². The molecule has 3 aromatic heterocycles. The molecule has 5 rings (SSSR count). The van der Waals surface area contributed by atoms with Gasteiger partial charge in [0.1, 0.15) is 5.75 Å². The number of aromatic nitrogens is 4. The minimum atomic E-state index is -0.148. The molecular weight excluding hydrogens is 440 g/mol. The van der Waals surface area contributed by atoms with Gasteiger partial charge in [-0.15, -0.1) is 0 Å². The molecule has 0 saturated carbocycles. The predicted octanol–water partition coefficient (Wildman–Crippen LogP) is 4.57. The monoisotopic (exact) mass is 460 g/mol. The maximum absolute atomic E-state index is 13.3. The van der Waals surface area contributed by atoms with Crippen molar-refractivity contribution >= 4 is 28.2 Å². The van der Waals surface area contributed by atoms with Crippen LogP contribution < -0.4 is 10.3 Å². The Morgan fingerprint density at radius 1 is 1.03 bits per heavy atom. The predicted molar refractivity (Wildman–Crippen MR) is 128 cm³/mol. The van der Waals surface area contributed by atoms with Gasteiger partial charge in [-0.3, -0.25) is 4.79 Å². The molecule has 0 aliphatic carbocycles. The van der Waals surface area contributed by atoms with Crippen LogP contribution in [0.1, 0.15) is 11.3 Å². The lowest BCUT2D eigenvalue weighted by Crippen LogP contribution is -2.21. The first-order valence-electron chi connectivity index (χ1n) is 10.4. The molecule has 5 aromatic rings. The second-order valence-electron chi connectivity index (χ2n) is 7.61. The summed E-state index contributed by atoms with van der Waals surface area (Å²) in [6, 6.07) is 17.0. The fraction of sp³-hybridized carbons (Fsp3) is 0.160. The number of hydrogen-bond acceptors (Lipinski definition) is 5. The highest BCUT2D eigenvalue weighted by molar-refractivity contribution is 6.30. The maximum Gasteiger partial charge on any atom is 0.261 e. The summed E-state index contributed by atoms with van der Waals surface area (Å²) in [5.74, 6) is 0.738. The van der Waals surface area contributed by atoms with Crippen molar-refractivity contribution in [2.75, 3.05) is 14.2 Å². The Balaban J connectivity index is 1.67. The molecule has 0 saturated heterocycles. The Morgan fingerprint density at radius 2 is 1.82 bits per heavy atom. The van der Waals surface area contributed by atoms with Crippen LogP contribution in [0.3, 0.4) is 0 Å². The smallest absolute Gasteiger partial charge is 0.261 e. The van der Waals surface area contributed by atoms with E-state index >= 15 is 0 Å². The van der Waals surface area contributed by atoms with Crippen molar-refractivity contribution in [1.29, 1.82) is 0 Å². The number of halogens is 1. The summed E-state index contributed by atoms with van der Waals surface area (Å²) in [5.41, 5.74) is 4.62. The second-order valence-corrected chi connectivity index (χ2v) is 8.05. The van der Waals surface area contributed by atoms with Crippen molar-refractivity contribution in [2.45, 2.75) is 13.2 Å². The topological polar surface area (TPSA) is 70.7 Å². The lowest BCUT2D eigenvalue weighted by atomic mass is 10.1. The summed E-state index contributed by atoms with van der Waals surface area (Å²) in [6.07, 6.45) is 3.39. The third-order valence-electron chi connectivity index (χ3n) is 5.60. The molecule has 0 N–H and O–H groups in total. The van der Waals surface area contributed by atoms with Gasteiger partial charge < -0.3 is 14.0 Å². The summed E-state index contributed by atoms with van der Waals surface area (Å²) in [6.45, 7) is 0.703. The summed E-state index contributed by atoms with van der Waals surface area (Å²) in [4.78, 5) is 17.9. The number of pyridine rings is 1. The lowest BCUT2D eigenvalue weighted by Gasteiger charge is -2.11. The summed E-state index contributed by atoms with van der Waals surface area (Å²) >= 11 is 6.07. The van der Waals surface area contributed by atoms with Crippen molar-refractivity contribution in [3.05, 3.63) is 93.6 Å². The van der Waals surface area contributed by atoms with Crippen LogP contribution in [0.2, 0.25) is 5.02 Å². The summed E-state index contributed by atoms with van der Waals surface area (Å²) in [7, 11) is 3.24. The third-order valence-corrected chi connectivity index (χ3v) is 5.86. The van der Waals surface area contributed by atoms with Crippen LogP contribution in [0.15, 0.2) is 71.8 Å². The standard InChI is InChI=1S/C25H21ClN4O3/c1-32-15-20-23(16-7-9-18(26)10-8-16)24-27-13-19-21(30(24)28-20)11-12-29(25(19)31)14-17-5-3-4-6-22(17)33-2/h3-13H,14-15H2,1-2H3. The largest absolute Gasteiger partial charge is 0.496 e. The van der Waals surface area contributed by atoms with Gasteiger partial charge in [-0.05, 0) is 29.8 Å². The van der Waals surface area contributed by atoms with Crippen LogP contribution >= 0.6 is 11.6 Å². The molecule has 0 amide bonds. The fourth-order valence-electron chi connectivity index (χ4n) is 4.05. The molecule has 7 nitrogen and oxygen atoms in total. The lowest BCUT2D eigenvalue weighted by molar-refractivity contribution is 0.181. The van der Waals surface area contributed by atoms with E-state index < -0.39 is 0 Å². The quantitative estimate of drug-likeness (QED) is 0.371. The van der Waals surface area contributed by atoms with E-state index in [2.05, 4.69) is 4.98 Å². The van der Waals surface area contributed by atoms with E-state index in [-0.39, 0.29) is 5.56 Å². The molecular formula is C25H21ClN4O3. The van der Waals surface area contributed by atoms with Gasteiger partial charge in [-0.2, -0.15) is 5.10 Å². The first kappa shape index (κ1) is 21.2. The first-order chi connectivity index (χ1) is 16.1. The van der Waals surface area contributed by atoms with Gasteiger partial charge >= 0.3 is 0 Å². The molecule has 0 unspecified atom stereocenters. The zero-order valence-corrected chi connectivity index (χ0v) is 18.9. The van der Waals surface area contributed by atoms with E-state index in [0.29, 0.717) is 34.7 Å². The molecule has 8 heteroatoms. The molecule has 0 radical (unpaired) electrons. The molecule has 33 heavy (non-hydrogen) atoms. The molecule has 2 aromatic carbocycles. The maximum atomic E-state index is 13.3. The van der Waals surface area contributed by atoms with Crippen LogP contribution in [-0.4, -0.2) is 33.4 Å². The zero-order chi connectivity index (χ0) is 22.9. The molecule has 0 bridgehead atoms. The van der Waals surface area contributed by atoms with Crippen molar-refractivity contribution < 1.29 is 9.47 Å². The minimum absolute atomic E-state index is 0.148. The third kappa shape index (κ3) is 3.75. The van der Waals surface area contributed by atoms with E-state index in [4.69, 9.17) is 26.2 Å². The second kappa shape index (κ2) is 8.69. The van der Waals surface area contributed by atoms with Crippen molar-refractivity contribution in [3.63, 3.8) is 0 Å². The van der Waals surface area contributed by atoms with Crippen LogP contribution in [0, 0.1) is 0 Å². The van der Waals surface area contributed by atoms with Gasteiger partial charge in [-0.1, -0.05) is 41.9 Å². The van der Waals surface area contributed by atoms with Gasteiger partial charge in [0.2, 0.25) is 0 Å². The van der Waals surface area contributed by atoms with E-state index in [0.717, 1.165) is 28.1 Å². The van der Waals surface area contributed by atoms with Crippen molar-refractivity contribution in [3.8, 4) is 16.9 Å². The number of rotatable bonds is 6. The SMILES string of the molecule is COCc1nn2c(ncc3c(=O)n(Cc4ccccc4OC)ccc32)c1-c1ccc(Cl)cc1. The number of fused-ring (bicyclic) bond motifs is 3. The van der Waals surface area contributed by atoms with Crippen molar-refractivity contribution in [2.24, 2.45) is 0 Å². The average Bonchev–Trinajstić information content (AvgIpc) is 3.20. The number of hydrogen-bond donors (Lipinski definition) is 0. The molecule has 3 heterocycles. The Kier molecular flexibility index (Phi) is 5.58. The van der Waals surface area contributed by atoms with Gasteiger partial charge in [0, 0.05) is 30.1 Å². The molecule has 166 valence electrons. The van der Waals surface area contributed by atoms with E-state index in [9.17, 15) is 4.79 Å². The Bertz CT molecular complexity index is 1520. The van der Waals surface area contributed by atoms with Crippen LogP contribution in [0.5, 0.6) is 5.75 Å². The summed E-state index contributed by atoms with van der Waals surface area (Å²) in [5, 5.41) is 5.87. The molecule has 0 atom stereocenters. The Morgan fingerprint density at radius 3 is 2.58 bits per heavy atom. The van der Waals surface area contributed by atoms with Crippen LogP contribution in [0.25, 0.3) is 27.7 Å². The highest BCUT2D eigenvalue weighted by Crippen LogP contribution is 2.30. The van der Waals surface area contributed by atoms with Gasteiger partial charge in [0.05, 0.1) is 42.4 Å². The van der Waals surface area contributed by atoms with Gasteiger partial charge in [-0.25, -0.2) is 9.50 Å². The molecule has 0 aliphatic heterocycles. The average molecular weight is 461 g/mol. The Hall–Kier alpha value is -3.68. The first-order valence-corrected chi connectivity index (χ1v) is 10.7. The highest BCUT2D eigenvalue weighted by Gasteiger charge is 2.19. The number of benzene rings is 2. The normalized spacial score (nSPS) is 11.4. The fourth-order valence-corrected chi connectivity index (χ4v) is 4.17. The molecule has 0 fully saturated rings. The number of ether oxygens (including phenoxy) is 2. The highest BCUT2D eigenvalue weighted by atomic mass is 35.5. The summed E-state index contributed by atoms with van der Waals surface area (Å²) < 4.78 is 14.2. The minimum Gasteiger partial charge on any atom is -0.496 e. The molecule has 0 spiro atoms. The van der Waals surface area contributed by atoms with Crippen LogP contribution in [0.4, 0.5) is 0 Å². The van der Waals surface area contributed by atoms with E-state index in [1.54, 1.807) is 35.7 Å². The number of nitrogens with zero attached hydrogens (tertiary/aromatic N) is 4.